The summed E-state index contributed by atoms with van der Waals surface area (Å²) in [6.07, 6.45) is 0. The average Bonchev–Trinajstić information content (AvgIpc) is 2.44. The Morgan fingerprint density at radius 2 is 2.10 bits per heavy atom. The zero-order valence-corrected chi connectivity index (χ0v) is 12.6. The van der Waals surface area contributed by atoms with Crippen molar-refractivity contribution in [2.45, 2.75) is 13.8 Å². The van der Waals surface area contributed by atoms with Crippen LogP contribution in [0.4, 0.5) is 0 Å². The summed E-state index contributed by atoms with van der Waals surface area (Å²) in [6.45, 7) is 7.48. The summed E-state index contributed by atoms with van der Waals surface area (Å²) < 4.78 is 10.6. The van der Waals surface area contributed by atoms with Gasteiger partial charge in [0.05, 0.1) is 19.7 Å². The van der Waals surface area contributed by atoms with Gasteiger partial charge in [-0.15, -0.1) is 0 Å². The molecule has 1 aromatic rings. The van der Waals surface area contributed by atoms with Crippen LogP contribution in [0.25, 0.3) is 0 Å². The van der Waals surface area contributed by atoms with Gasteiger partial charge in [-0.3, -0.25) is 4.99 Å². The minimum absolute atomic E-state index is 0.595. The Morgan fingerprint density at radius 3 is 2.80 bits per heavy atom. The molecule has 0 aliphatic carbocycles. The summed E-state index contributed by atoms with van der Waals surface area (Å²) in [5.74, 6) is 1.69. The van der Waals surface area contributed by atoms with E-state index >= 15 is 0 Å². The molecule has 0 unspecified atom stereocenters. The molecule has 0 aromatic heterocycles. The lowest BCUT2D eigenvalue weighted by Crippen LogP contribution is -2.39. The van der Waals surface area contributed by atoms with Crippen molar-refractivity contribution in [2.24, 2.45) is 4.99 Å². The van der Waals surface area contributed by atoms with Crippen LogP contribution < -0.4 is 15.4 Å². The van der Waals surface area contributed by atoms with Gasteiger partial charge in [0.15, 0.2) is 5.96 Å². The number of hydrogen-bond acceptors (Lipinski definition) is 3. The Hall–Kier alpha value is -1.75. The van der Waals surface area contributed by atoms with Crippen LogP contribution in [0.2, 0.25) is 0 Å². The number of aryl methyl sites for hydroxylation is 1. The van der Waals surface area contributed by atoms with Crippen molar-refractivity contribution in [3.05, 3.63) is 29.8 Å². The number of methoxy groups -OCH3 is 1. The smallest absolute Gasteiger partial charge is 0.191 e. The van der Waals surface area contributed by atoms with Crippen molar-refractivity contribution in [1.82, 2.24) is 10.6 Å². The van der Waals surface area contributed by atoms with E-state index in [1.807, 2.05) is 25.1 Å². The number of hydrogen-bond donors (Lipinski definition) is 2. The minimum atomic E-state index is 0.595. The fraction of sp³-hybridized carbons (Fsp3) is 0.533. The monoisotopic (exact) mass is 279 g/mol. The van der Waals surface area contributed by atoms with Crippen molar-refractivity contribution in [2.75, 3.05) is 40.0 Å². The molecule has 2 N–H and O–H groups in total. The second kappa shape index (κ2) is 10.1. The Kier molecular flexibility index (Phi) is 8.22. The third-order valence-corrected chi connectivity index (χ3v) is 2.56. The zero-order chi connectivity index (χ0) is 14.6. The van der Waals surface area contributed by atoms with Gasteiger partial charge >= 0.3 is 0 Å². The topological polar surface area (TPSA) is 54.9 Å². The van der Waals surface area contributed by atoms with Crippen LogP contribution in [0.15, 0.2) is 29.3 Å². The highest BCUT2D eigenvalue weighted by molar-refractivity contribution is 5.79. The van der Waals surface area contributed by atoms with Crippen molar-refractivity contribution in [1.29, 1.82) is 0 Å². The van der Waals surface area contributed by atoms with Gasteiger partial charge < -0.3 is 20.1 Å². The van der Waals surface area contributed by atoms with Gasteiger partial charge in [0.25, 0.3) is 0 Å². The number of guanidine groups is 1. The fourth-order valence-corrected chi connectivity index (χ4v) is 1.63. The number of rotatable bonds is 8. The molecule has 0 fully saturated rings. The van der Waals surface area contributed by atoms with Crippen molar-refractivity contribution in [3.8, 4) is 5.75 Å². The van der Waals surface area contributed by atoms with E-state index in [-0.39, 0.29) is 0 Å². The number of aliphatic imine (C=N–C) groups is 1. The molecule has 0 radical (unpaired) electrons. The van der Waals surface area contributed by atoms with Crippen LogP contribution in [0.3, 0.4) is 0 Å². The van der Waals surface area contributed by atoms with E-state index in [0.29, 0.717) is 26.3 Å². The van der Waals surface area contributed by atoms with Gasteiger partial charge in [-0.2, -0.15) is 0 Å². The van der Waals surface area contributed by atoms with E-state index < -0.39 is 0 Å². The molecule has 20 heavy (non-hydrogen) atoms. The van der Waals surface area contributed by atoms with Crippen LogP contribution >= 0.6 is 0 Å². The molecule has 0 bridgehead atoms. The quantitative estimate of drug-likeness (QED) is 0.431. The van der Waals surface area contributed by atoms with E-state index in [0.717, 1.165) is 18.3 Å². The molecule has 0 spiro atoms. The molecular weight excluding hydrogens is 254 g/mol. The third kappa shape index (κ3) is 6.99. The second-order valence-corrected chi connectivity index (χ2v) is 4.35. The summed E-state index contributed by atoms with van der Waals surface area (Å²) in [5.41, 5.74) is 1.20. The Balaban J connectivity index is 2.27. The Morgan fingerprint density at radius 1 is 1.25 bits per heavy atom. The van der Waals surface area contributed by atoms with Crippen LogP contribution in [0.1, 0.15) is 12.5 Å². The van der Waals surface area contributed by atoms with Crippen molar-refractivity contribution in [3.63, 3.8) is 0 Å². The maximum Gasteiger partial charge on any atom is 0.191 e. The largest absolute Gasteiger partial charge is 0.492 e. The highest BCUT2D eigenvalue weighted by Crippen LogP contribution is 2.11. The molecule has 1 aromatic carbocycles. The lowest BCUT2D eigenvalue weighted by Gasteiger charge is -2.12. The van der Waals surface area contributed by atoms with Gasteiger partial charge in [0.1, 0.15) is 12.4 Å². The molecule has 0 aliphatic heterocycles. The molecule has 0 aliphatic rings. The molecule has 0 saturated carbocycles. The summed E-state index contributed by atoms with van der Waals surface area (Å²) in [7, 11) is 1.67. The standard InChI is InChI=1S/C15H25N3O2/c1-4-16-15(17-8-10-19-3)18-9-11-20-14-7-5-6-13(2)12-14/h5-7,12H,4,8-11H2,1-3H3,(H2,16,17,18). The maximum absolute atomic E-state index is 5.67. The number of ether oxygens (including phenoxy) is 2. The normalized spacial score (nSPS) is 11.2. The lowest BCUT2D eigenvalue weighted by atomic mass is 10.2. The van der Waals surface area contributed by atoms with Crippen molar-refractivity contribution < 1.29 is 9.47 Å². The Bertz CT molecular complexity index is 408. The van der Waals surface area contributed by atoms with Crippen LogP contribution in [0, 0.1) is 6.92 Å². The molecular formula is C15H25N3O2. The maximum atomic E-state index is 5.67. The first-order chi connectivity index (χ1) is 9.76. The molecule has 1 rings (SSSR count). The third-order valence-electron chi connectivity index (χ3n) is 2.56. The van der Waals surface area contributed by atoms with Gasteiger partial charge in [-0.25, -0.2) is 0 Å². The first-order valence-electron chi connectivity index (χ1n) is 6.97. The summed E-state index contributed by atoms with van der Waals surface area (Å²) >= 11 is 0. The molecule has 0 amide bonds. The molecule has 0 saturated heterocycles. The van der Waals surface area contributed by atoms with Gasteiger partial charge in [0, 0.05) is 13.7 Å². The zero-order valence-electron chi connectivity index (χ0n) is 12.6. The van der Waals surface area contributed by atoms with Crippen LogP contribution in [-0.4, -0.2) is 45.9 Å². The van der Waals surface area contributed by atoms with E-state index in [9.17, 15) is 0 Å². The van der Waals surface area contributed by atoms with Crippen LogP contribution in [-0.2, 0) is 4.74 Å². The van der Waals surface area contributed by atoms with Gasteiger partial charge in [-0.1, -0.05) is 12.1 Å². The fourth-order valence-electron chi connectivity index (χ4n) is 1.63. The Labute approximate surface area is 121 Å². The second-order valence-electron chi connectivity index (χ2n) is 4.35. The van der Waals surface area contributed by atoms with Gasteiger partial charge in [0.2, 0.25) is 0 Å². The van der Waals surface area contributed by atoms with E-state index in [2.05, 4.69) is 28.6 Å². The first kappa shape index (κ1) is 16.3. The highest BCUT2D eigenvalue weighted by atomic mass is 16.5. The molecule has 5 nitrogen and oxygen atoms in total. The SMILES string of the molecule is CCNC(=NCCOC)NCCOc1cccc(C)c1. The molecule has 112 valence electrons. The van der Waals surface area contributed by atoms with Crippen LogP contribution in [0.5, 0.6) is 5.75 Å². The number of benzene rings is 1. The summed E-state index contributed by atoms with van der Waals surface area (Å²) in [4.78, 5) is 4.38. The average molecular weight is 279 g/mol. The lowest BCUT2D eigenvalue weighted by molar-refractivity contribution is 0.208. The minimum Gasteiger partial charge on any atom is -0.492 e. The predicted octanol–water partition coefficient (Wildman–Crippen LogP) is 1.58. The van der Waals surface area contributed by atoms with Gasteiger partial charge in [-0.05, 0) is 31.5 Å². The number of nitrogens with one attached hydrogen (secondary N) is 2. The molecule has 0 heterocycles. The van der Waals surface area contributed by atoms with Crippen molar-refractivity contribution >= 4 is 5.96 Å². The molecule has 5 heteroatoms. The van der Waals surface area contributed by atoms with E-state index in [4.69, 9.17) is 9.47 Å². The predicted molar refractivity (Wildman–Crippen MR) is 82.5 cm³/mol. The van der Waals surface area contributed by atoms with E-state index in [1.165, 1.54) is 5.56 Å². The summed E-state index contributed by atoms with van der Waals surface area (Å²) in [6, 6.07) is 8.04. The number of nitrogens with zero attached hydrogens (tertiary/aromatic N) is 1. The first-order valence-corrected chi connectivity index (χ1v) is 6.97. The summed E-state index contributed by atoms with van der Waals surface area (Å²) in [5, 5.41) is 6.40. The van der Waals surface area contributed by atoms with E-state index in [1.54, 1.807) is 7.11 Å². The highest BCUT2D eigenvalue weighted by Gasteiger charge is 1.97. The molecule has 0 atom stereocenters.